The van der Waals surface area contributed by atoms with Gasteiger partial charge in [-0.15, -0.1) is 0 Å². The van der Waals surface area contributed by atoms with Crippen molar-refractivity contribution in [3.05, 3.63) is 94.6 Å². The molecule has 37 heavy (non-hydrogen) atoms. The second-order valence-electron chi connectivity index (χ2n) is 8.91. The summed E-state index contributed by atoms with van der Waals surface area (Å²) in [5, 5.41) is 0. The molecule has 0 spiro atoms. The third kappa shape index (κ3) is 5.52. The van der Waals surface area contributed by atoms with E-state index in [1.54, 1.807) is 42.7 Å². The zero-order valence-electron chi connectivity index (χ0n) is 21.2. The molecule has 192 valence electrons. The molecule has 0 saturated heterocycles. The molecular formula is C28H27BrN2O5S. The highest BCUT2D eigenvalue weighted by Crippen LogP contribution is 2.32. The summed E-state index contributed by atoms with van der Waals surface area (Å²) in [6.45, 7) is 9.30. The molecule has 0 N–H and O–H groups in total. The number of carbonyl (C=O) groups excluding carboxylic acids is 2. The highest BCUT2D eigenvalue weighted by molar-refractivity contribution is 9.10. The average molecular weight is 584 g/mol. The fourth-order valence-electron chi connectivity index (χ4n) is 4.17. The van der Waals surface area contributed by atoms with Crippen LogP contribution >= 0.6 is 27.3 Å². The minimum absolute atomic E-state index is 0.220. The second-order valence-corrected chi connectivity index (χ2v) is 10.8. The molecule has 3 aromatic rings. The van der Waals surface area contributed by atoms with E-state index in [0.717, 1.165) is 16.7 Å². The molecule has 4 rings (SSSR count). The van der Waals surface area contributed by atoms with Gasteiger partial charge in [-0.05, 0) is 70.6 Å². The van der Waals surface area contributed by atoms with E-state index in [4.69, 9.17) is 9.47 Å². The standard InChI is InChI=1S/C28H27BrN2O5S/c1-6-35-27(34)24-16(4)30-28-31(25(24)20-10-8-19(9-11-20)15(2)3)26(33)23(37-28)14-18-7-12-22(21(29)13-18)36-17(5)32/h7-15,25H,6H2,1-5H3/b23-14-/t25-/m0/s1. The first-order valence-electron chi connectivity index (χ1n) is 11.9. The van der Waals surface area contributed by atoms with Crippen molar-refractivity contribution >= 4 is 45.3 Å². The Morgan fingerprint density at radius 3 is 2.49 bits per heavy atom. The van der Waals surface area contributed by atoms with Crippen molar-refractivity contribution in [1.29, 1.82) is 0 Å². The zero-order chi connectivity index (χ0) is 26.9. The molecule has 9 heteroatoms. The SMILES string of the molecule is CCOC(=O)C1=C(C)N=c2s/c(=C\c3ccc(OC(C)=O)c(Br)c3)c(=O)n2[C@H]1c1ccc(C(C)C)cc1. The van der Waals surface area contributed by atoms with E-state index in [2.05, 4.69) is 34.8 Å². The molecule has 7 nitrogen and oxygen atoms in total. The van der Waals surface area contributed by atoms with Crippen molar-refractivity contribution in [3.63, 3.8) is 0 Å². The summed E-state index contributed by atoms with van der Waals surface area (Å²) in [5.41, 5.74) is 3.34. The first kappa shape index (κ1) is 26.8. The maximum absolute atomic E-state index is 13.7. The number of fused-ring (bicyclic) bond motifs is 1. The Morgan fingerprint density at radius 1 is 1.19 bits per heavy atom. The van der Waals surface area contributed by atoms with Crippen molar-refractivity contribution in [2.45, 2.75) is 46.6 Å². The third-order valence-corrected chi connectivity index (χ3v) is 7.55. The van der Waals surface area contributed by atoms with E-state index in [-0.39, 0.29) is 12.2 Å². The summed E-state index contributed by atoms with van der Waals surface area (Å²) in [6.07, 6.45) is 1.76. The molecule has 0 saturated carbocycles. The van der Waals surface area contributed by atoms with Crippen LogP contribution in [0.25, 0.3) is 6.08 Å². The van der Waals surface area contributed by atoms with Gasteiger partial charge in [0.15, 0.2) is 4.80 Å². The Kier molecular flexibility index (Phi) is 7.94. The van der Waals surface area contributed by atoms with Crippen LogP contribution < -0.4 is 19.6 Å². The minimum atomic E-state index is -0.656. The largest absolute Gasteiger partial charge is 0.463 e. The number of halogens is 1. The number of hydrogen-bond acceptors (Lipinski definition) is 7. The van der Waals surface area contributed by atoms with Crippen LogP contribution in [0.3, 0.4) is 0 Å². The number of rotatable bonds is 6. The number of ether oxygens (including phenoxy) is 2. The van der Waals surface area contributed by atoms with Crippen LogP contribution in [0.1, 0.15) is 63.3 Å². The normalized spacial score (nSPS) is 15.4. The molecule has 1 aliphatic heterocycles. The molecule has 2 heterocycles. The number of allylic oxidation sites excluding steroid dienone is 1. The van der Waals surface area contributed by atoms with Crippen molar-refractivity contribution in [2.24, 2.45) is 4.99 Å². The highest BCUT2D eigenvalue weighted by Gasteiger charge is 2.33. The van der Waals surface area contributed by atoms with Crippen LogP contribution in [-0.4, -0.2) is 23.1 Å². The molecule has 1 atom stereocenters. The molecule has 0 aliphatic carbocycles. The molecule has 2 aromatic carbocycles. The quantitative estimate of drug-likeness (QED) is 0.313. The predicted octanol–water partition coefficient (Wildman–Crippen LogP) is 4.61. The van der Waals surface area contributed by atoms with E-state index in [1.807, 2.05) is 24.3 Å². The van der Waals surface area contributed by atoms with Crippen LogP contribution in [0.4, 0.5) is 0 Å². The molecule has 0 radical (unpaired) electrons. The Balaban J connectivity index is 1.87. The number of carbonyl (C=O) groups is 2. The van der Waals surface area contributed by atoms with Gasteiger partial charge in [-0.2, -0.15) is 0 Å². The average Bonchev–Trinajstić information content (AvgIpc) is 3.14. The van der Waals surface area contributed by atoms with E-state index < -0.39 is 18.0 Å². The Hall–Kier alpha value is -3.30. The van der Waals surface area contributed by atoms with E-state index in [9.17, 15) is 14.4 Å². The van der Waals surface area contributed by atoms with Crippen LogP contribution in [-0.2, 0) is 14.3 Å². The Labute approximate surface area is 226 Å². The summed E-state index contributed by atoms with van der Waals surface area (Å²) in [7, 11) is 0. The summed E-state index contributed by atoms with van der Waals surface area (Å²) < 4.78 is 13.1. The molecule has 0 amide bonds. The van der Waals surface area contributed by atoms with Crippen molar-refractivity contribution in [2.75, 3.05) is 6.61 Å². The van der Waals surface area contributed by atoms with Gasteiger partial charge in [0.25, 0.3) is 5.56 Å². The van der Waals surface area contributed by atoms with E-state index in [1.165, 1.54) is 18.3 Å². The van der Waals surface area contributed by atoms with Gasteiger partial charge in [0.2, 0.25) is 0 Å². The summed E-state index contributed by atoms with van der Waals surface area (Å²) in [6, 6.07) is 12.5. The summed E-state index contributed by atoms with van der Waals surface area (Å²) in [5.74, 6) is -0.160. The van der Waals surface area contributed by atoms with Crippen LogP contribution in [0, 0.1) is 0 Å². The maximum Gasteiger partial charge on any atom is 0.338 e. The van der Waals surface area contributed by atoms with Gasteiger partial charge in [0.1, 0.15) is 5.75 Å². The smallest absolute Gasteiger partial charge is 0.338 e. The van der Waals surface area contributed by atoms with Gasteiger partial charge in [-0.1, -0.05) is 55.5 Å². The number of thiazole rings is 1. The summed E-state index contributed by atoms with van der Waals surface area (Å²) in [4.78, 5) is 43.2. The Bertz CT molecular complexity index is 1580. The van der Waals surface area contributed by atoms with Crippen molar-refractivity contribution in [3.8, 4) is 5.75 Å². The molecule has 1 aromatic heterocycles. The van der Waals surface area contributed by atoms with Gasteiger partial charge in [-0.25, -0.2) is 9.79 Å². The van der Waals surface area contributed by atoms with Crippen LogP contribution in [0.15, 0.2) is 68.0 Å². The number of benzene rings is 2. The van der Waals surface area contributed by atoms with Crippen molar-refractivity contribution < 1.29 is 19.1 Å². The van der Waals surface area contributed by atoms with Crippen molar-refractivity contribution in [1.82, 2.24) is 4.57 Å². The fraction of sp³-hybridized carbons (Fsp3) is 0.286. The lowest BCUT2D eigenvalue weighted by atomic mass is 9.93. The van der Waals surface area contributed by atoms with Crippen LogP contribution in [0.2, 0.25) is 0 Å². The zero-order valence-corrected chi connectivity index (χ0v) is 23.6. The molecule has 1 aliphatic rings. The third-order valence-electron chi connectivity index (χ3n) is 5.94. The molecule has 0 unspecified atom stereocenters. The van der Waals surface area contributed by atoms with Gasteiger partial charge in [0, 0.05) is 6.92 Å². The second kappa shape index (κ2) is 11.0. The number of aromatic nitrogens is 1. The first-order chi connectivity index (χ1) is 17.6. The molecular weight excluding hydrogens is 556 g/mol. The predicted molar refractivity (Wildman–Crippen MR) is 146 cm³/mol. The monoisotopic (exact) mass is 582 g/mol. The first-order valence-corrected chi connectivity index (χ1v) is 13.5. The summed E-state index contributed by atoms with van der Waals surface area (Å²) >= 11 is 4.67. The molecule has 0 fully saturated rings. The number of hydrogen-bond donors (Lipinski definition) is 0. The highest BCUT2D eigenvalue weighted by atomic mass is 79.9. The lowest BCUT2D eigenvalue weighted by Gasteiger charge is -2.25. The van der Waals surface area contributed by atoms with Gasteiger partial charge in [0.05, 0.1) is 32.9 Å². The number of esters is 2. The minimum Gasteiger partial charge on any atom is -0.463 e. The molecule has 0 bridgehead atoms. The van der Waals surface area contributed by atoms with E-state index in [0.29, 0.717) is 36.7 Å². The maximum atomic E-state index is 13.7. The Morgan fingerprint density at radius 2 is 1.89 bits per heavy atom. The lowest BCUT2D eigenvalue weighted by molar-refractivity contribution is -0.139. The van der Waals surface area contributed by atoms with Crippen LogP contribution in [0.5, 0.6) is 5.75 Å². The number of nitrogens with zero attached hydrogens (tertiary/aromatic N) is 2. The topological polar surface area (TPSA) is 87.0 Å². The lowest BCUT2D eigenvalue weighted by Crippen LogP contribution is -2.39. The van der Waals surface area contributed by atoms with Gasteiger partial charge >= 0.3 is 11.9 Å². The fourth-order valence-corrected chi connectivity index (χ4v) is 5.69. The van der Waals surface area contributed by atoms with Gasteiger partial charge < -0.3 is 9.47 Å². The van der Waals surface area contributed by atoms with Gasteiger partial charge in [-0.3, -0.25) is 14.2 Å². The van der Waals surface area contributed by atoms with E-state index >= 15 is 0 Å².